The fraction of sp³-hybridized carbons (Fsp3) is 0.279. The molecule has 0 aromatic heterocycles. The molecule has 0 bridgehead atoms. The maximum atomic E-state index is 13.9. The lowest BCUT2D eigenvalue weighted by atomic mass is 10.0. The predicted octanol–water partition coefficient (Wildman–Crippen LogP) is 7.39. The van der Waals surface area contributed by atoms with Gasteiger partial charge in [-0.15, -0.1) is 0 Å². The minimum atomic E-state index is -4.04. The Balaban J connectivity index is 1.34. The summed E-state index contributed by atoms with van der Waals surface area (Å²) in [6, 6.07) is 34.8. The highest BCUT2D eigenvalue weighted by Crippen LogP contribution is 2.48. The summed E-state index contributed by atoms with van der Waals surface area (Å²) in [5.74, 6) is 1.11. The lowest BCUT2D eigenvalue weighted by Crippen LogP contribution is -2.52. The van der Waals surface area contributed by atoms with E-state index in [1.807, 2.05) is 58.0 Å². The van der Waals surface area contributed by atoms with E-state index in [1.165, 1.54) is 28.6 Å². The minimum absolute atomic E-state index is 0.0376. The van der Waals surface area contributed by atoms with Crippen molar-refractivity contribution >= 4 is 29.2 Å². The molecule has 0 saturated carbocycles. The molecule has 0 unspecified atom stereocenters. The van der Waals surface area contributed by atoms with Crippen LogP contribution in [0.25, 0.3) is 0 Å². The Morgan fingerprint density at radius 2 is 1.32 bits per heavy atom. The van der Waals surface area contributed by atoms with Gasteiger partial charge in [-0.2, -0.15) is 4.31 Å². The molecule has 0 heterocycles. The van der Waals surface area contributed by atoms with Gasteiger partial charge in [0.2, 0.25) is 16.4 Å². The van der Waals surface area contributed by atoms with Crippen molar-refractivity contribution in [3.8, 4) is 23.0 Å². The normalized spacial score (nSPS) is 12.8. The third-order valence-corrected chi connectivity index (χ3v) is 12.1. The zero-order valence-corrected chi connectivity index (χ0v) is 34.2. The van der Waals surface area contributed by atoms with Gasteiger partial charge in [-0.1, -0.05) is 80.6 Å². The van der Waals surface area contributed by atoms with Gasteiger partial charge in [-0.3, -0.25) is 4.79 Å². The summed E-state index contributed by atoms with van der Waals surface area (Å²) >= 11 is 0. The number of benzene rings is 5. The van der Waals surface area contributed by atoms with Gasteiger partial charge in [0.25, 0.3) is 5.91 Å². The number of sulfonamides is 1. The van der Waals surface area contributed by atoms with E-state index in [-0.39, 0.29) is 36.9 Å². The van der Waals surface area contributed by atoms with Crippen LogP contribution >= 0.6 is 7.60 Å². The van der Waals surface area contributed by atoms with Crippen molar-refractivity contribution in [1.29, 1.82) is 0 Å². The number of nitrogens with two attached hydrogens (primary N) is 1. The first-order chi connectivity index (χ1) is 27.2. The van der Waals surface area contributed by atoms with Gasteiger partial charge >= 0.3 is 7.60 Å². The minimum Gasteiger partial charge on any atom is -0.483 e. The summed E-state index contributed by atoms with van der Waals surface area (Å²) in [4.78, 5) is 13.4. The quantitative estimate of drug-likeness (QED) is 0.0533. The number of aliphatic hydroxyl groups is 1. The predicted molar refractivity (Wildman–Crippen MR) is 221 cm³/mol. The summed E-state index contributed by atoms with van der Waals surface area (Å²) in [6.45, 7) is 7.03. The third kappa shape index (κ3) is 12.6. The number of amides is 1. The van der Waals surface area contributed by atoms with Crippen LogP contribution in [0.1, 0.15) is 30.5 Å². The Hall–Kier alpha value is -5.33. The van der Waals surface area contributed by atoms with Gasteiger partial charge in [-0.05, 0) is 104 Å². The first kappa shape index (κ1) is 42.8. The average molecular weight is 816 g/mol. The second-order valence-electron chi connectivity index (χ2n) is 14.1. The van der Waals surface area contributed by atoms with Crippen LogP contribution in [-0.2, 0) is 25.8 Å². The van der Waals surface area contributed by atoms with Crippen molar-refractivity contribution in [1.82, 2.24) is 9.62 Å². The summed E-state index contributed by atoms with van der Waals surface area (Å²) in [5, 5.41) is 14.6. The van der Waals surface area contributed by atoms with E-state index in [0.717, 1.165) is 11.1 Å². The molecule has 5 aromatic rings. The molecule has 4 N–H and O–H groups in total. The summed E-state index contributed by atoms with van der Waals surface area (Å²) in [7, 11) is -7.91. The zero-order valence-electron chi connectivity index (χ0n) is 32.5. The molecule has 2 atom stereocenters. The number of aliphatic hydroxyl groups excluding tert-OH is 1. The lowest BCUT2D eigenvalue weighted by molar-refractivity contribution is -0.124. The molecule has 5 aromatic carbocycles. The van der Waals surface area contributed by atoms with E-state index in [4.69, 9.17) is 24.3 Å². The first-order valence-electron chi connectivity index (χ1n) is 18.5. The fourth-order valence-electron chi connectivity index (χ4n) is 5.98. The Morgan fingerprint density at radius 3 is 1.86 bits per heavy atom. The number of hydrogen-bond acceptors (Lipinski definition) is 10. The highest BCUT2D eigenvalue weighted by molar-refractivity contribution is 7.89. The maximum Gasteiger partial charge on any atom is 0.468 e. The number of ether oxygens (including phenoxy) is 2. The second kappa shape index (κ2) is 19.7. The van der Waals surface area contributed by atoms with Gasteiger partial charge in [-0.25, -0.2) is 13.0 Å². The van der Waals surface area contributed by atoms with Crippen LogP contribution in [0, 0.1) is 19.8 Å². The van der Waals surface area contributed by atoms with Crippen molar-refractivity contribution in [2.24, 2.45) is 5.92 Å². The topological polar surface area (TPSA) is 167 Å². The van der Waals surface area contributed by atoms with Crippen molar-refractivity contribution in [3.05, 3.63) is 144 Å². The van der Waals surface area contributed by atoms with E-state index < -0.39 is 42.0 Å². The number of aryl methyl sites for hydroxylation is 2. The molecule has 0 aliphatic rings. The lowest BCUT2D eigenvalue weighted by Gasteiger charge is -2.31. The smallest absolute Gasteiger partial charge is 0.468 e. The number of nitrogens with zero attached hydrogens (tertiary/aromatic N) is 1. The van der Waals surface area contributed by atoms with Crippen molar-refractivity contribution in [2.75, 3.05) is 31.8 Å². The third-order valence-electron chi connectivity index (χ3n) is 8.79. The van der Waals surface area contributed by atoms with Gasteiger partial charge in [0.1, 0.15) is 23.0 Å². The Bertz CT molecular complexity index is 2140. The molecule has 0 spiro atoms. The van der Waals surface area contributed by atoms with Gasteiger partial charge in [0.15, 0.2) is 6.61 Å². The molecular weight excluding hydrogens is 766 g/mol. The number of nitrogens with one attached hydrogen (secondary N) is 1. The molecule has 57 heavy (non-hydrogen) atoms. The standard InChI is InChI=1S/C43H50N3O9PS/c1-31(2)27-46(57(50,51)39-24-20-35(44)21-25-39)28-41(47)40(45-42(48)29-52-43-32(3)12-11-13-33(43)4)26-34-18-22-36(23-19-34)53-30-56(49,54-37-14-7-5-8-15-37)55-38-16-9-6-10-17-38/h5-25,31,40-41,47H,26-30,44H2,1-4H3,(H,45,48)/t40-,41+/m0/s1. The molecule has 12 nitrogen and oxygen atoms in total. The number of hydrogen-bond donors (Lipinski definition) is 3. The number of carbonyl (C=O) groups is 1. The molecule has 0 aliphatic carbocycles. The SMILES string of the molecule is Cc1cccc(C)c1OCC(=O)N[C@@H](Cc1ccc(OCP(=O)(Oc2ccccc2)Oc2ccccc2)cc1)[C@H](O)CN(CC(C)C)S(=O)(=O)c1ccc(N)cc1. The van der Waals surface area contributed by atoms with Crippen molar-refractivity contribution in [3.63, 3.8) is 0 Å². The van der Waals surface area contributed by atoms with Crippen LogP contribution in [-0.4, -0.2) is 61.9 Å². The van der Waals surface area contributed by atoms with Crippen LogP contribution in [0.2, 0.25) is 0 Å². The summed E-state index contributed by atoms with van der Waals surface area (Å²) < 4.78 is 66.3. The van der Waals surface area contributed by atoms with Crippen LogP contribution < -0.4 is 29.6 Å². The molecule has 5 rings (SSSR count). The maximum absolute atomic E-state index is 13.9. The average Bonchev–Trinajstić information content (AvgIpc) is 3.17. The molecule has 302 valence electrons. The molecular formula is C43H50N3O9PS. The number of carbonyl (C=O) groups excluding carboxylic acids is 1. The molecule has 0 fully saturated rings. The number of para-hydroxylation sites is 3. The van der Waals surface area contributed by atoms with E-state index in [0.29, 0.717) is 34.2 Å². The monoisotopic (exact) mass is 815 g/mol. The second-order valence-corrected chi connectivity index (χ2v) is 17.9. The summed E-state index contributed by atoms with van der Waals surface area (Å²) in [6.07, 6.45) is -1.61. The number of rotatable bonds is 20. The van der Waals surface area contributed by atoms with Crippen molar-refractivity contribution in [2.45, 2.75) is 51.2 Å². The van der Waals surface area contributed by atoms with Crippen LogP contribution in [0.4, 0.5) is 5.69 Å². The zero-order chi connectivity index (χ0) is 41.0. The highest BCUT2D eigenvalue weighted by Gasteiger charge is 2.32. The number of nitrogen functional groups attached to an aromatic ring is 1. The van der Waals surface area contributed by atoms with Gasteiger partial charge in [0, 0.05) is 18.8 Å². The van der Waals surface area contributed by atoms with E-state index in [1.54, 1.807) is 72.8 Å². The van der Waals surface area contributed by atoms with E-state index in [9.17, 15) is 22.9 Å². The summed E-state index contributed by atoms with van der Waals surface area (Å²) in [5.41, 5.74) is 8.67. The Morgan fingerprint density at radius 1 is 0.754 bits per heavy atom. The molecule has 14 heteroatoms. The number of anilines is 1. The highest BCUT2D eigenvalue weighted by atomic mass is 32.2. The van der Waals surface area contributed by atoms with Gasteiger partial charge < -0.3 is 34.7 Å². The largest absolute Gasteiger partial charge is 0.483 e. The Kier molecular flexibility index (Phi) is 14.8. The molecule has 0 radical (unpaired) electrons. The Labute approximate surface area is 335 Å². The first-order valence-corrected chi connectivity index (χ1v) is 21.7. The van der Waals surface area contributed by atoms with Crippen LogP contribution in [0.3, 0.4) is 0 Å². The molecule has 0 saturated heterocycles. The van der Waals surface area contributed by atoms with Crippen molar-refractivity contribution < 1.29 is 41.4 Å². The van der Waals surface area contributed by atoms with E-state index in [2.05, 4.69) is 5.32 Å². The molecule has 0 aliphatic heterocycles. The fourth-order valence-corrected chi connectivity index (χ4v) is 8.94. The van der Waals surface area contributed by atoms with Crippen LogP contribution in [0.5, 0.6) is 23.0 Å². The van der Waals surface area contributed by atoms with Gasteiger partial charge in [0.05, 0.1) is 17.0 Å². The van der Waals surface area contributed by atoms with E-state index >= 15 is 0 Å². The molecule has 1 amide bonds. The van der Waals surface area contributed by atoms with Crippen LogP contribution in [0.15, 0.2) is 132 Å².